The van der Waals surface area contributed by atoms with Crippen molar-refractivity contribution in [2.24, 2.45) is 0 Å². The SMILES string of the molecule is Cc1cc([O])cc2c1C(=O)CC(C)(C)O2. The molecule has 1 aliphatic heterocycles. The Bertz CT molecular complexity index is 433. The Morgan fingerprint density at radius 2 is 2.00 bits per heavy atom. The number of carbonyl (C=O) groups is 1. The van der Waals surface area contributed by atoms with Gasteiger partial charge >= 0.3 is 0 Å². The summed E-state index contributed by atoms with van der Waals surface area (Å²) in [5.74, 6) is 0.372. The van der Waals surface area contributed by atoms with Gasteiger partial charge in [0.1, 0.15) is 11.4 Å². The van der Waals surface area contributed by atoms with Crippen LogP contribution in [0, 0.1) is 6.92 Å². The molecule has 0 aliphatic carbocycles. The molecule has 15 heavy (non-hydrogen) atoms. The first-order chi connectivity index (χ1) is 6.89. The number of hydrogen-bond acceptors (Lipinski definition) is 2. The van der Waals surface area contributed by atoms with E-state index < -0.39 is 5.60 Å². The summed E-state index contributed by atoms with van der Waals surface area (Å²) in [6.07, 6.45) is 0.360. The first-order valence-electron chi connectivity index (χ1n) is 4.93. The largest absolute Gasteiger partial charge is 0.486 e. The first-order valence-corrected chi connectivity index (χ1v) is 4.93. The quantitative estimate of drug-likeness (QED) is 0.653. The standard InChI is InChI=1S/C12H13O3/c1-7-4-8(13)5-10-11(7)9(14)6-12(2,3)15-10/h4-5H,6H2,1-3H3. The Kier molecular flexibility index (Phi) is 2.00. The molecule has 1 aromatic rings. The first kappa shape index (κ1) is 10.0. The molecule has 79 valence electrons. The van der Waals surface area contributed by atoms with Crippen molar-refractivity contribution in [3.63, 3.8) is 0 Å². The van der Waals surface area contributed by atoms with Crippen LogP contribution >= 0.6 is 0 Å². The van der Waals surface area contributed by atoms with E-state index in [0.717, 1.165) is 0 Å². The molecule has 0 N–H and O–H groups in total. The Morgan fingerprint density at radius 1 is 1.33 bits per heavy atom. The Morgan fingerprint density at radius 3 is 2.67 bits per heavy atom. The lowest BCUT2D eigenvalue weighted by Crippen LogP contribution is -2.36. The molecule has 2 rings (SSSR count). The lowest BCUT2D eigenvalue weighted by molar-refractivity contribution is 0.0617. The van der Waals surface area contributed by atoms with Crippen molar-refractivity contribution in [1.29, 1.82) is 0 Å². The molecule has 0 unspecified atom stereocenters. The van der Waals surface area contributed by atoms with E-state index in [1.807, 2.05) is 13.8 Å². The van der Waals surface area contributed by atoms with Gasteiger partial charge in [-0.1, -0.05) is 0 Å². The van der Waals surface area contributed by atoms with Crippen LogP contribution in [0.15, 0.2) is 12.1 Å². The summed E-state index contributed by atoms with van der Waals surface area (Å²) in [5.41, 5.74) is 0.761. The molecule has 0 aromatic heterocycles. The minimum atomic E-state index is -0.510. The molecule has 1 radical (unpaired) electrons. The van der Waals surface area contributed by atoms with Crippen LogP contribution in [-0.4, -0.2) is 11.4 Å². The zero-order chi connectivity index (χ0) is 11.2. The number of Topliss-reactive ketones (excluding diaryl/α,β-unsaturated/α-hetero) is 1. The van der Waals surface area contributed by atoms with E-state index >= 15 is 0 Å². The second-order valence-corrected chi connectivity index (χ2v) is 4.58. The highest BCUT2D eigenvalue weighted by molar-refractivity contribution is 6.01. The monoisotopic (exact) mass is 205 g/mol. The van der Waals surface area contributed by atoms with Crippen molar-refractivity contribution in [3.8, 4) is 11.5 Å². The maximum atomic E-state index is 11.9. The molecular formula is C12H13O3. The molecule has 0 saturated heterocycles. The second-order valence-electron chi connectivity index (χ2n) is 4.58. The zero-order valence-corrected chi connectivity index (χ0v) is 9.09. The fourth-order valence-corrected chi connectivity index (χ4v) is 1.97. The van der Waals surface area contributed by atoms with Crippen LogP contribution in [0.2, 0.25) is 0 Å². The minimum absolute atomic E-state index is 0.0544. The molecule has 1 aliphatic rings. The molecule has 0 fully saturated rings. The van der Waals surface area contributed by atoms with Crippen molar-refractivity contribution in [3.05, 3.63) is 23.3 Å². The van der Waals surface area contributed by atoms with Gasteiger partial charge < -0.3 is 4.74 Å². The van der Waals surface area contributed by atoms with Crippen LogP contribution in [0.3, 0.4) is 0 Å². The predicted molar refractivity (Wildman–Crippen MR) is 55.0 cm³/mol. The van der Waals surface area contributed by atoms with Crippen LogP contribution in [-0.2, 0) is 5.11 Å². The fourth-order valence-electron chi connectivity index (χ4n) is 1.97. The normalized spacial score (nSPS) is 18.2. The number of rotatable bonds is 0. The summed E-state index contributed by atoms with van der Waals surface area (Å²) in [5, 5.41) is 11.3. The molecule has 3 heteroatoms. The van der Waals surface area contributed by atoms with Crippen molar-refractivity contribution in [2.75, 3.05) is 0 Å². The van der Waals surface area contributed by atoms with Gasteiger partial charge in [0.2, 0.25) is 0 Å². The lowest BCUT2D eigenvalue weighted by atomic mass is 9.90. The van der Waals surface area contributed by atoms with Gasteiger partial charge in [-0.2, -0.15) is 0 Å². The third kappa shape index (κ3) is 1.69. The molecule has 0 saturated carbocycles. The molecule has 0 amide bonds. The molecule has 0 atom stereocenters. The molecule has 1 aromatic carbocycles. The zero-order valence-electron chi connectivity index (χ0n) is 9.09. The minimum Gasteiger partial charge on any atom is -0.486 e. The van der Waals surface area contributed by atoms with Gasteiger partial charge in [-0.15, -0.1) is 0 Å². The highest BCUT2D eigenvalue weighted by atomic mass is 16.5. The van der Waals surface area contributed by atoms with Crippen molar-refractivity contribution in [1.82, 2.24) is 0 Å². The van der Waals surface area contributed by atoms with E-state index in [4.69, 9.17) is 4.74 Å². The van der Waals surface area contributed by atoms with Gasteiger partial charge in [-0.25, -0.2) is 0 Å². The number of fused-ring (bicyclic) bond motifs is 1. The average molecular weight is 205 g/mol. The number of hydrogen-bond donors (Lipinski definition) is 0. The van der Waals surface area contributed by atoms with Gasteiger partial charge in [0, 0.05) is 6.07 Å². The van der Waals surface area contributed by atoms with Crippen LogP contribution in [0.1, 0.15) is 36.2 Å². The third-order valence-corrected chi connectivity index (χ3v) is 2.52. The summed E-state index contributed by atoms with van der Waals surface area (Å²) in [7, 11) is 0. The molecule has 1 heterocycles. The van der Waals surface area contributed by atoms with E-state index in [-0.39, 0.29) is 11.5 Å². The van der Waals surface area contributed by atoms with Gasteiger partial charge in [0.25, 0.3) is 0 Å². The van der Waals surface area contributed by atoms with Crippen LogP contribution in [0.25, 0.3) is 0 Å². The number of carbonyl (C=O) groups excluding carboxylic acids is 1. The topological polar surface area (TPSA) is 46.2 Å². The summed E-state index contributed by atoms with van der Waals surface area (Å²) in [6, 6.07) is 2.86. The highest BCUT2D eigenvalue weighted by Gasteiger charge is 2.33. The van der Waals surface area contributed by atoms with E-state index in [1.165, 1.54) is 12.1 Å². The Labute approximate surface area is 88.7 Å². The van der Waals surface area contributed by atoms with Crippen LogP contribution in [0.5, 0.6) is 11.5 Å². The molecule has 0 bridgehead atoms. The van der Waals surface area contributed by atoms with E-state index in [1.54, 1.807) is 6.92 Å². The van der Waals surface area contributed by atoms with Crippen molar-refractivity contribution in [2.45, 2.75) is 32.8 Å². The van der Waals surface area contributed by atoms with Crippen LogP contribution in [0.4, 0.5) is 0 Å². The van der Waals surface area contributed by atoms with Crippen LogP contribution < -0.4 is 4.74 Å². The van der Waals surface area contributed by atoms with Gasteiger partial charge in [0.15, 0.2) is 11.5 Å². The molecule has 3 nitrogen and oxygen atoms in total. The third-order valence-electron chi connectivity index (χ3n) is 2.52. The molecular weight excluding hydrogens is 192 g/mol. The highest BCUT2D eigenvalue weighted by Crippen LogP contribution is 2.37. The maximum Gasteiger partial charge on any atom is 0.182 e. The van der Waals surface area contributed by atoms with E-state index in [9.17, 15) is 9.90 Å². The summed E-state index contributed by atoms with van der Waals surface area (Å²) < 4.78 is 5.63. The van der Waals surface area contributed by atoms with Gasteiger partial charge in [0.05, 0.1) is 12.0 Å². The van der Waals surface area contributed by atoms with Gasteiger partial charge in [-0.3, -0.25) is 9.90 Å². The smallest absolute Gasteiger partial charge is 0.182 e. The van der Waals surface area contributed by atoms with E-state index in [0.29, 0.717) is 23.3 Å². The lowest BCUT2D eigenvalue weighted by Gasteiger charge is -2.32. The number of aryl methyl sites for hydroxylation is 1. The molecule has 0 spiro atoms. The van der Waals surface area contributed by atoms with Crippen molar-refractivity contribution >= 4 is 5.78 Å². The van der Waals surface area contributed by atoms with Gasteiger partial charge in [-0.05, 0) is 32.4 Å². The number of ketones is 1. The van der Waals surface area contributed by atoms with E-state index in [2.05, 4.69) is 0 Å². The predicted octanol–water partition coefficient (Wildman–Crippen LogP) is 2.88. The second kappa shape index (κ2) is 2.99. The fraction of sp³-hybridized carbons (Fsp3) is 0.417. The Hall–Kier alpha value is -1.51. The average Bonchev–Trinajstić information content (AvgIpc) is 1.97. The maximum absolute atomic E-state index is 11.9. The summed E-state index contributed by atoms with van der Waals surface area (Å²) in [6.45, 7) is 5.46. The number of benzene rings is 1. The Balaban J connectivity index is 2.60. The summed E-state index contributed by atoms with van der Waals surface area (Å²) >= 11 is 0. The number of ether oxygens (including phenoxy) is 1. The summed E-state index contributed by atoms with van der Waals surface area (Å²) in [4.78, 5) is 11.9. The van der Waals surface area contributed by atoms with Crippen molar-refractivity contribution < 1.29 is 14.6 Å².